The Bertz CT molecular complexity index is 426. The minimum Gasteiger partial charge on any atom is -0.480 e. The monoisotopic (exact) mass is 310 g/mol. The fraction of sp³-hybridized carbons (Fsp3) is 0.882. The van der Waals surface area contributed by atoms with Crippen LogP contribution in [-0.2, 0) is 9.59 Å². The number of carbonyl (C=O) groups is 2. The number of carboxylic acids is 1. The lowest BCUT2D eigenvalue weighted by atomic mass is 9.87. The van der Waals surface area contributed by atoms with Crippen molar-refractivity contribution in [3.05, 3.63) is 0 Å². The molecule has 1 N–H and O–H groups in total. The molecule has 2 saturated heterocycles. The molecule has 2 fully saturated rings. The Kier molecular flexibility index (Phi) is 5.15. The summed E-state index contributed by atoms with van der Waals surface area (Å²) in [5, 5.41) is 9.30. The van der Waals surface area contributed by atoms with Crippen molar-refractivity contribution in [2.45, 2.75) is 77.9 Å². The molecule has 2 heterocycles. The van der Waals surface area contributed by atoms with Crippen LogP contribution in [0.4, 0.5) is 0 Å². The molecule has 5 heteroatoms. The van der Waals surface area contributed by atoms with Crippen molar-refractivity contribution in [2.24, 2.45) is 5.41 Å². The molecule has 1 amide bonds. The lowest BCUT2D eigenvalue weighted by Gasteiger charge is -2.43. The van der Waals surface area contributed by atoms with Gasteiger partial charge in [0.2, 0.25) is 5.91 Å². The molecule has 0 aromatic rings. The normalized spacial score (nSPS) is 30.5. The maximum Gasteiger partial charge on any atom is 0.326 e. The van der Waals surface area contributed by atoms with Gasteiger partial charge in [-0.15, -0.1) is 0 Å². The molecule has 2 rings (SSSR count). The van der Waals surface area contributed by atoms with Crippen LogP contribution in [0, 0.1) is 5.41 Å². The number of carboxylic acid groups (broad SMARTS) is 1. The summed E-state index contributed by atoms with van der Waals surface area (Å²) in [7, 11) is 0. The number of aliphatic carboxylic acids is 1. The lowest BCUT2D eigenvalue weighted by molar-refractivity contribution is -0.153. The SMILES string of the molecule is CC1CCCC(C)N1CC(C)(C)C(=O)N1CCCC1C(=O)O. The van der Waals surface area contributed by atoms with E-state index in [2.05, 4.69) is 18.7 Å². The first-order valence-electron chi connectivity index (χ1n) is 8.53. The summed E-state index contributed by atoms with van der Waals surface area (Å²) in [5.74, 6) is -0.885. The first kappa shape index (κ1) is 17.3. The van der Waals surface area contributed by atoms with Crippen molar-refractivity contribution in [1.29, 1.82) is 0 Å². The van der Waals surface area contributed by atoms with Gasteiger partial charge in [-0.2, -0.15) is 0 Å². The van der Waals surface area contributed by atoms with Gasteiger partial charge < -0.3 is 10.0 Å². The Morgan fingerprint density at radius 2 is 1.68 bits per heavy atom. The fourth-order valence-corrected chi connectivity index (χ4v) is 3.97. The zero-order chi connectivity index (χ0) is 16.5. The molecule has 2 aliphatic rings. The number of rotatable bonds is 4. The van der Waals surface area contributed by atoms with E-state index in [-0.39, 0.29) is 5.91 Å². The van der Waals surface area contributed by atoms with E-state index >= 15 is 0 Å². The van der Waals surface area contributed by atoms with Gasteiger partial charge in [-0.3, -0.25) is 9.69 Å². The number of nitrogens with zero attached hydrogens (tertiary/aromatic N) is 2. The van der Waals surface area contributed by atoms with Gasteiger partial charge >= 0.3 is 5.97 Å². The molecule has 22 heavy (non-hydrogen) atoms. The van der Waals surface area contributed by atoms with Crippen LogP contribution in [0.15, 0.2) is 0 Å². The molecule has 3 atom stereocenters. The zero-order valence-electron chi connectivity index (χ0n) is 14.3. The Morgan fingerprint density at radius 1 is 1.09 bits per heavy atom. The van der Waals surface area contributed by atoms with Crippen LogP contribution in [0.3, 0.4) is 0 Å². The molecule has 0 aromatic heterocycles. The van der Waals surface area contributed by atoms with E-state index in [1.807, 2.05) is 13.8 Å². The summed E-state index contributed by atoms with van der Waals surface area (Å²) in [4.78, 5) is 28.2. The Balaban J connectivity index is 2.08. The smallest absolute Gasteiger partial charge is 0.326 e. The second kappa shape index (κ2) is 6.57. The summed E-state index contributed by atoms with van der Waals surface area (Å²) in [6, 6.07) is 0.345. The van der Waals surface area contributed by atoms with Crippen LogP contribution >= 0.6 is 0 Å². The Labute approximate surface area is 133 Å². The third kappa shape index (κ3) is 3.45. The lowest BCUT2D eigenvalue weighted by Crippen LogP contribution is -2.54. The quantitative estimate of drug-likeness (QED) is 0.866. The van der Waals surface area contributed by atoms with Crippen molar-refractivity contribution in [3.63, 3.8) is 0 Å². The Hall–Kier alpha value is -1.10. The van der Waals surface area contributed by atoms with Crippen LogP contribution in [0.2, 0.25) is 0 Å². The second-order valence-electron chi connectivity index (χ2n) is 7.68. The third-order valence-corrected chi connectivity index (χ3v) is 5.33. The van der Waals surface area contributed by atoms with Gasteiger partial charge in [-0.1, -0.05) is 6.42 Å². The van der Waals surface area contributed by atoms with Crippen molar-refractivity contribution < 1.29 is 14.7 Å². The highest BCUT2D eigenvalue weighted by molar-refractivity contribution is 5.87. The number of likely N-dealkylation sites (tertiary alicyclic amines) is 2. The maximum absolute atomic E-state index is 12.9. The molecule has 0 saturated carbocycles. The highest BCUT2D eigenvalue weighted by Crippen LogP contribution is 2.31. The molecule has 0 bridgehead atoms. The van der Waals surface area contributed by atoms with E-state index in [4.69, 9.17) is 0 Å². The first-order chi connectivity index (χ1) is 10.2. The van der Waals surface area contributed by atoms with Gasteiger partial charge in [-0.05, 0) is 53.4 Å². The summed E-state index contributed by atoms with van der Waals surface area (Å²) >= 11 is 0. The van der Waals surface area contributed by atoms with Crippen molar-refractivity contribution in [1.82, 2.24) is 9.80 Å². The molecule has 0 aliphatic carbocycles. The van der Waals surface area contributed by atoms with E-state index in [9.17, 15) is 14.7 Å². The van der Waals surface area contributed by atoms with E-state index in [1.165, 1.54) is 19.3 Å². The predicted octanol–water partition coefficient (Wildman–Crippen LogP) is 2.35. The molecule has 0 radical (unpaired) electrons. The highest BCUT2D eigenvalue weighted by Gasteiger charge is 2.42. The largest absolute Gasteiger partial charge is 0.480 e. The van der Waals surface area contributed by atoms with Crippen LogP contribution in [0.1, 0.15) is 59.8 Å². The highest BCUT2D eigenvalue weighted by atomic mass is 16.4. The molecule has 0 aromatic carbocycles. The summed E-state index contributed by atoms with van der Waals surface area (Å²) in [6.45, 7) is 9.65. The van der Waals surface area contributed by atoms with Gasteiger partial charge in [0.25, 0.3) is 0 Å². The number of hydrogen-bond acceptors (Lipinski definition) is 3. The van der Waals surface area contributed by atoms with Gasteiger partial charge in [0.15, 0.2) is 0 Å². The van der Waals surface area contributed by atoms with Crippen molar-refractivity contribution in [2.75, 3.05) is 13.1 Å². The zero-order valence-corrected chi connectivity index (χ0v) is 14.3. The first-order valence-corrected chi connectivity index (χ1v) is 8.53. The minimum atomic E-state index is -0.874. The van der Waals surface area contributed by atoms with Crippen LogP contribution in [0.25, 0.3) is 0 Å². The van der Waals surface area contributed by atoms with Crippen LogP contribution in [0.5, 0.6) is 0 Å². The maximum atomic E-state index is 12.9. The molecule has 5 nitrogen and oxygen atoms in total. The van der Waals surface area contributed by atoms with Gasteiger partial charge in [0.05, 0.1) is 5.41 Å². The van der Waals surface area contributed by atoms with Crippen LogP contribution < -0.4 is 0 Å². The van der Waals surface area contributed by atoms with E-state index in [0.717, 1.165) is 6.42 Å². The number of hydrogen-bond donors (Lipinski definition) is 1. The van der Waals surface area contributed by atoms with Gasteiger partial charge in [0, 0.05) is 25.2 Å². The topological polar surface area (TPSA) is 60.9 Å². The van der Waals surface area contributed by atoms with Crippen molar-refractivity contribution in [3.8, 4) is 0 Å². The summed E-state index contributed by atoms with van der Waals surface area (Å²) in [6.07, 6.45) is 4.97. The molecule has 2 aliphatic heterocycles. The number of amides is 1. The van der Waals surface area contributed by atoms with Crippen molar-refractivity contribution >= 4 is 11.9 Å². The summed E-state index contributed by atoms with van der Waals surface area (Å²) < 4.78 is 0. The number of piperidine rings is 1. The van der Waals surface area contributed by atoms with Gasteiger partial charge in [0.1, 0.15) is 6.04 Å². The van der Waals surface area contributed by atoms with Crippen LogP contribution in [-0.4, -0.2) is 58.0 Å². The van der Waals surface area contributed by atoms with Gasteiger partial charge in [-0.25, -0.2) is 4.79 Å². The third-order valence-electron chi connectivity index (χ3n) is 5.33. The molecular formula is C17H30N2O3. The second-order valence-corrected chi connectivity index (χ2v) is 7.68. The summed E-state index contributed by atoms with van der Waals surface area (Å²) in [5.41, 5.74) is -0.544. The minimum absolute atomic E-state index is 0.0117. The van der Waals surface area contributed by atoms with E-state index in [0.29, 0.717) is 31.6 Å². The average Bonchev–Trinajstić information content (AvgIpc) is 2.91. The molecular weight excluding hydrogens is 280 g/mol. The van der Waals surface area contributed by atoms with E-state index < -0.39 is 17.4 Å². The molecule has 3 unspecified atom stereocenters. The van der Waals surface area contributed by atoms with E-state index in [1.54, 1.807) is 4.90 Å². The number of carbonyl (C=O) groups excluding carboxylic acids is 1. The average molecular weight is 310 g/mol. The fourth-order valence-electron chi connectivity index (χ4n) is 3.97. The Morgan fingerprint density at radius 3 is 2.23 bits per heavy atom. The standard InChI is InChI=1S/C17H30N2O3/c1-12-7-5-8-13(2)19(12)11-17(3,4)16(22)18-10-6-9-14(18)15(20)21/h12-14H,5-11H2,1-4H3,(H,20,21). The molecule has 126 valence electrons. The predicted molar refractivity (Wildman–Crippen MR) is 85.6 cm³/mol. The molecule has 0 spiro atoms.